The van der Waals surface area contributed by atoms with Crippen molar-refractivity contribution in [3.8, 4) is 0 Å². The average Bonchev–Trinajstić information content (AvgIpc) is 2.94. The van der Waals surface area contributed by atoms with E-state index >= 15 is 0 Å². The van der Waals surface area contributed by atoms with Gasteiger partial charge >= 0.3 is 0 Å². The van der Waals surface area contributed by atoms with Crippen LogP contribution in [0.4, 0.5) is 0 Å². The fraction of sp³-hybridized carbons (Fsp3) is 0.333. The van der Waals surface area contributed by atoms with E-state index in [0.29, 0.717) is 5.01 Å². The molecule has 2 rings (SSSR count). The van der Waals surface area contributed by atoms with E-state index in [2.05, 4.69) is 30.7 Å². The molecule has 0 amide bonds. The molecule has 8 heteroatoms. The largest absolute Gasteiger partial charge is 0.256 e. The molecule has 0 aliphatic carbocycles. The van der Waals surface area contributed by atoms with Gasteiger partial charge < -0.3 is 0 Å². The normalized spacial score (nSPS) is 13.2. The smallest absolute Gasteiger partial charge is 0.248 e. The van der Waals surface area contributed by atoms with Gasteiger partial charge in [0, 0.05) is 21.9 Å². The fourth-order valence-corrected chi connectivity index (χ4v) is 3.76. The van der Waals surface area contributed by atoms with Crippen LogP contribution >= 0.6 is 22.7 Å². The van der Waals surface area contributed by atoms with Crippen molar-refractivity contribution in [1.29, 1.82) is 0 Å². The van der Waals surface area contributed by atoms with Gasteiger partial charge in [-0.15, -0.1) is 22.7 Å². The molecule has 0 aromatic carbocycles. The monoisotopic (exact) mass is 329 g/mol. The van der Waals surface area contributed by atoms with Gasteiger partial charge in [-0.1, -0.05) is 20.8 Å². The number of hydrogen-bond acceptors (Lipinski definition) is 6. The summed E-state index contributed by atoms with van der Waals surface area (Å²) in [5, 5.41) is 8.00. The van der Waals surface area contributed by atoms with Gasteiger partial charge in [-0.3, -0.25) is 0 Å². The van der Waals surface area contributed by atoms with Crippen LogP contribution in [0.15, 0.2) is 16.6 Å². The molecular weight excluding hydrogens is 314 g/mol. The number of aromatic nitrogens is 2. The molecule has 0 aliphatic rings. The summed E-state index contributed by atoms with van der Waals surface area (Å²) in [6, 6.07) is 0. The summed E-state index contributed by atoms with van der Waals surface area (Å²) in [5.74, 6) is 0. The van der Waals surface area contributed by atoms with Gasteiger partial charge in [-0.05, 0) is 12.2 Å². The van der Waals surface area contributed by atoms with Gasteiger partial charge in [-0.25, -0.2) is 23.5 Å². The zero-order chi connectivity index (χ0) is 15.0. The van der Waals surface area contributed by atoms with Gasteiger partial charge in [0.05, 0.1) is 5.01 Å². The van der Waals surface area contributed by atoms with E-state index in [-0.39, 0.29) is 10.4 Å². The molecule has 108 valence electrons. The maximum Gasteiger partial charge on any atom is 0.256 e. The lowest BCUT2D eigenvalue weighted by Gasteiger charge is -2.13. The van der Waals surface area contributed by atoms with Crippen molar-refractivity contribution in [2.24, 2.45) is 5.14 Å². The maximum absolute atomic E-state index is 11.1. The van der Waals surface area contributed by atoms with Crippen LogP contribution in [0.3, 0.4) is 0 Å². The van der Waals surface area contributed by atoms with E-state index < -0.39 is 10.0 Å². The second-order valence-electron chi connectivity index (χ2n) is 5.22. The summed E-state index contributed by atoms with van der Waals surface area (Å²) in [4.78, 5) is 9.34. The first kappa shape index (κ1) is 15.3. The Morgan fingerprint density at radius 3 is 2.50 bits per heavy atom. The van der Waals surface area contributed by atoms with Crippen LogP contribution in [0.1, 0.15) is 35.7 Å². The topological polar surface area (TPSA) is 85.9 Å². The standard InChI is InChI=1S/C12H15N3O2S3/c1-12(2,3)11-14-6-8(19-11)4-5-9-15-10(7-18-9)20(13,16)17/h4-7H,1-3H3,(H2,13,16,17)/b5-4+. The van der Waals surface area contributed by atoms with Crippen molar-refractivity contribution < 1.29 is 8.42 Å². The highest BCUT2D eigenvalue weighted by atomic mass is 32.2. The quantitative estimate of drug-likeness (QED) is 0.938. The van der Waals surface area contributed by atoms with Crippen LogP contribution in [0.25, 0.3) is 12.2 Å². The Kier molecular flexibility index (Phi) is 4.10. The SMILES string of the molecule is CC(C)(C)c1ncc(/C=C/c2nc(S(N)(=O)=O)cs2)s1. The molecule has 0 atom stereocenters. The molecule has 0 saturated heterocycles. The van der Waals surface area contributed by atoms with Crippen molar-refractivity contribution in [1.82, 2.24) is 9.97 Å². The lowest BCUT2D eigenvalue weighted by atomic mass is 9.98. The number of nitrogens with zero attached hydrogens (tertiary/aromatic N) is 2. The van der Waals surface area contributed by atoms with Crippen molar-refractivity contribution in [3.05, 3.63) is 26.5 Å². The number of hydrogen-bond donors (Lipinski definition) is 1. The second-order valence-corrected chi connectivity index (χ2v) is 8.68. The minimum Gasteiger partial charge on any atom is -0.248 e. The Hall–Kier alpha value is -1.09. The molecule has 0 unspecified atom stereocenters. The molecule has 2 aromatic heterocycles. The summed E-state index contributed by atoms with van der Waals surface area (Å²) in [6.07, 6.45) is 5.44. The molecule has 2 N–H and O–H groups in total. The van der Waals surface area contributed by atoms with Crippen LogP contribution in [0.2, 0.25) is 0 Å². The third-order valence-corrected chi connectivity index (χ3v) is 5.49. The van der Waals surface area contributed by atoms with Gasteiger partial charge in [0.25, 0.3) is 10.0 Å². The highest BCUT2D eigenvalue weighted by molar-refractivity contribution is 7.89. The van der Waals surface area contributed by atoms with E-state index in [1.165, 1.54) is 16.7 Å². The molecular formula is C12H15N3O2S3. The highest BCUT2D eigenvalue weighted by Gasteiger charge is 2.17. The molecule has 0 spiro atoms. The van der Waals surface area contributed by atoms with Crippen LogP contribution < -0.4 is 5.14 Å². The van der Waals surface area contributed by atoms with Crippen LogP contribution in [0.5, 0.6) is 0 Å². The Balaban J connectivity index is 2.18. The van der Waals surface area contributed by atoms with Gasteiger partial charge in [0.1, 0.15) is 5.01 Å². The zero-order valence-electron chi connectivity index (χ0n) is 11.3. The maximum atomic E-state index is 11.1. The molecule has 0 aliphatic heterocycles. The van der Waals surface area contributed by atoms with Gasteiger partial charge in [0.2, 0.25) is 0 Å². The first-order chi connectivity index (χ1) is 9.16. The summed E-state index contributed by atoms with van der Waals surface area (Å²) in [7, 11) is -3.72. The second kappa shape index (κ2) is 5.36. The molecule has 0 fully saturated rings. The van der Waals surface area contributed by atoms with Crippen molar-refractivity contribution in [2.45, 2.75) is 31.2 Å². The summed E-state index contributed by atoms with van der Waals surface area (Å²) in [5.41, 5.74) is 0.0265. The van der Waals surface area contributed by atoms with Crippen LogP contribution in [-0.4, -0.2) is 18.4 Å². The summed E-state index contributed by atoms with van der Waals surface area (Å²) >= 11 is 2.84. The number of rotatable bonds is 3. The fourth-order valence-electron chi connectivity index (χ4n) is 1.34. The predicted molar refractivity (Wildman–Crippen MR) is 83.2 cm³/mol. The van der Waals surface area contributed by atoms with Gasteiger partial charge in [-0.2, -0.15) is 0 Å². The Morgan fingerprint density at radius 2 is 2.00 bits per heavy atom. The summed E-state index contributed by atoms with van der Waals surface area (Å²) < 4.78 is 22.2. The molecule has 0 saturated carbocycles. The van der Waals surface area contributed by atoms with Gasteiger partial charge in [0.15, 0.2) is 5.03 Å². The minimum atomic E-state index is -3.72. The Labute approximate surface area is 126 Å². The Morgan fingerprint density at radius 1 is 1.30 bits per heavy atom. The zero-order valence-corrected chi connectivity index (χ0v) is 13.8. The van der Waals surface area contributed by atoms with E-state index in [0.717, 1.165) is 9.88 Å². The molecule has 20 heavy (non-hydrogen) atoms. The van der Waals surface area contributed by atoms with E-state index in [1.807, 2.05) is 6.08 Å². The molecule has 0 radical (unpaired) electrons. The first-order valence-electron chi connectivity index (χ1n) is 5.79. The lowest BCUT2D eigenvalue weighted by molar-refractivity contribution is 0.585. The third-order valence-electron chi connectivity index (χ3n) is 2.35. The third kappa shape index (κ3) is 3.72. The Bertz CT molecular complexity index is 736. The van der Waals surface area contributed by atoms with Crippen molar-refractivity contribution in [3.63, 3.8) is 0 Å². The molecule has 0 bridgehead atoms. The van der Waals surface area contributed by atoms with E-state index in [1.54, 1.807) is 23.6 Å². The van der Waals surface area contributed by atoms with Crippen LogP contribution in [-0.2, 0) is 15.4 Å². The summed E-state index contributed by atoms with van der Waals surface area (Å²) in [6.45, 7) is 6.33. The molecule has 5 nitrogen and oxygen atoms in total. The van der Waals surface area contributed by atoms with E-state index in [9.17, 15) is 8.42 Å². The van der Waals surface area contributed by atoms with Crippen molar-refractivity contribution in [2.75, 3.05) is 0 Å². The number of nitrogens with two attached hydrogens (primary N) is 1. The number of primary sulfonamides is 1. The highest BCUT2D eigenvalue weighted by Crippen LogP contribution is 2.28. The van der Waals surface area contributed by atoms with E-state index in [4.69, 9.17) is 5.14 Å². The average molecular weight is 329 g/mol. The lowest BCUT2D eigenvalue weighted by Crippen LogP contribution is -2.12. The molecule has 2 aromatic rings. The molecule has 2 heterocycles. The predicted octanol–water partition coefficient (Wildman–Crippen LogP) is 2.71. The number of thiazole rings is 2. The van der Waals surface area contributed by atoms with Crippen LogP contribution in [0, 0.1) is 0 Å². The first-order valence-corrected chi connectivity index (χ1v) is 9.03. The van der Waals surface area contributed by atoms with Crippen molar-refractivity contribution >= 4 is 44.8 Å². The number of sulfonamides is 1. The minimum absolute atomic E-state index is 0.0265.